The number of hydrogen-bond acceptors (Lipinski definition) is 1. The van der Waals surface area contributed by atoms with Gasteiger partial charge in [0.15, 0.2) is 0 Å². The summed E-state index contributed by atoms with van der Waals surface area (Å²) >= 11 is 0. The van der Waals surface area contributed by atoms with Gasteiger partial charge >= 0.3 is 0 Å². The molecule has 1 aliphatic carbocycles. The third kappa shape index (κ3) is 2.38. The van der Waals surface area contributed by atoms with E-state index in [0.717, 1.165) is 24.0 Å². The molecule has 0 spiro atoms. The van der Waals surface area contributed by atoms with Gasteiger partial charge in [-0.1, -0.05) is 30.3 Å². The van der Waals surface area contributed by atoms with E-state index in [1.807, 2.05) is 12.1 Å². The van der Waals surface area contributed by atoms with Crippen LogP contribution in [-0.2, 0) is 13.0 Å². The molecule has 98 valence electrons. The van der Waals surface area contributed by atoms with Gasteiger partial charge in [0.05, 0.1) is 0 Å². The van der Waals surface area contributed by atoms with Crippen molar-refractivity contribution in [3.8, 4) is 0 Å². The van der Waals surface area contributed by atoms with Crippen molar-refractivity contribution in [3.05, 3.63) is 70.8 Å². The van der Waals surface area contributed by atoms with E-state index in [1.165, 1.54) is 12.1 Å². The van der Waals surface area contributed by atoms with Crippen molar-refractivity contribution in [1.82, 2.24) is 5.32 Å². The van der Waals surface area contributed by atoms with Crippen LogP contribution in [0.4, 0.5) is 8.78 Å². The van der Waals surface area contributed by atoms with Crippen molar-refractivity contribution < 1.29 is 8.78 Å². The minimum Gasteiger partial charge on any atom is -0.306 e. The van der Waals surface area contributed by atoms with Gasteiger partial charge in [0.2, 0.25) is 0 Å². The Bertz CT molecular complexity index is 595. The van der Waals surface area contributed by atoms with Gasteiger partial charge in [-0.15, -0.1) is 0 Å². The molecule has 0 saturated heterocycles. The van der Waals surface area contributed by atoms with E-state index >= 15 is 0 Å². The smallest absolute Gasteiger partial charge is 0.127 e. The first kappa shape index (κ1) is 12.3. The quantitative estimate of drug-likeness (QED) is 0.885. The highest BCUT2D eigenvalue weighted by Crippen LogP contribution is 2.32. The Kier molecular flexibility index (Phi) is 3.30. The topological polar surface area (TPSA) is 12.0 Å². The molecule has 3 heteroatoms. The van der Waals surface area contributed by atoms with Crippen molar-refractivity contribution in [2.75, 3.05) is 0 Å². The Morgan fingerprint density at radius 3 is 2.63 bits per heavy atom. The molecule has 19 heavy (non-hydrogen) atoms. The van der Waals surface area contributed by atoms with E-state index in [9.17, 15) is 8.78 Å². The molecule has 0 aliphatic heterocycles. The highest BCUT2D eigenvalue weighted by atomic mass is 19.1. The summed E-state index contributed by atoms with van der Waals surface area (Å²) in [6.07, 6.45) is 1.61. The number of benzene rings is 2. The Morgan fingerprint density at radius 2 is 1.79 bits per heavy atom. The first-order chi connectivity index (χ1) is 9.25. The van der Waals surface area contributed by atoms with Gasteiger partial charge in [0.25, 0.3) is 0 Å². The summed E-state index contributed by atoms with van der Waals surface area (Å²) in [6, 6.07) is 12.0. The highest BCUT2D eigenvalue weighted by molar-refractivity contribution is 5.35. The lowest BCUT2D eigenvalue weighted by atomic mass is 10.1. The lowest BCUT2D eigenvalue weighted by molar-refractivity contribution is 0.513. The van der Waals surface area contributed by atoms with Crippen molar-refractivity contribution in [2.24, 2.45) is 0 Å². The molecule has 1 unspecified atom stereocenters. The molecule has 0 aromatic heterocycles. The van der Waals surface area contributed by atoms with Gasteiger partial charge in [0.1, 0.15) is 11.6 Å². The zero-order valence-corrected chi connectivity index (χ0v) is 10.5. The van der Waals surface area contributed by atoms with Gasteiger partial charge < -0.3 is 5.32 Å². The Hall–Kier alpha value is -1.74. The minimum atomic E-state index is -0.201. The molecule has 0 bridgehead atoms. The van der Waals surface area contributed by atoms with Gasteiger partial charge in [-0.25, -0.2) is 8.78 Å². The van der Waals surface area contributed by atoms with Gasteiger partial charge in [-0.3, -0.25) is 0 Å². The van der Waals surface area contributed by atoms with Crippen LogP contribution in [0.15, 0.2) is 42.5 Å². The molecule has 0 heterocycles. The summed E-state index contributed by atoms with van der Waals surface area (Å²) in [4.78, 5) is 0. The minimum absolute atomic E-state index is 0.116. The van der Waals surface area contributed by atoms with Crippen LogP contribution in [0.5, 0.6) is 0 Å². The van der Waals surface area contributed by atoms with Crippen LogP contribution in [0.25, 0.3) is 0 Å². The van der Waals surface area contributed by atoms with E-state index in [2.05, 4.69) is 5.32 Å². The highest BCUT2D eigenvalue weighted by Gasteiger charge is 2.24. The summed E-state index contributed by atoms with van der Waals surface area (Å²) in [5.74, 6) is -0.333. The Balaban J connectivity index is 1.74. The third-order valence-corrected chi connectivity index (χ3v) is 3.71. The zero-order chi connectivity index (χ0) is 13.2. The van der Waals surface area contributed by atoms with Crippen LogP contribution < -0.4 is 5.32 Å². The zero-order valence-electron chi connectivity index (χ0n) is 10.5. The summed E-state index contributed by atoms with van der Waals surface area (Å²) < 4.78 is 27.1. The molecule has 0 radical (unpaired) electrons. The fourth-order valence-corrected chi connectivity index (χ4v) is 2.70. The molecule has 1 atom stereocenters. The number of rotatable bonds is 3. The monoisotopic (exact) mass is 259 g/mol. The van der Waals surface area contributed by atoms with Crippen LogP contribution in [0.1, 0.15) is 29.2 Å². The molecule has 0 fully saturated rings. The van der Waals surface area contributed by atoms with Crippen LogP contribution in [-0.4, -0.2) is 0 Å². The number of halogens is 2. The third-order valence-electron chi connectivity index (χ3n) is 3.71. The molecule has 1 N–H and O–H groups in total. The maximum absolute atomic E-state index is 13.6. The second-order valence-corrected chi connectivity index (χ2v) is 4.87. The predicted molar refractivity (Wildman–Crippen MR) is 70.7 cm³/mol. The summed E-state index contributed by atoms with van der Waals surface area (Å²) in [5.41, 5.74) is 2.46. The fraction of sp³-hybridized carbons (Fsp3) is 0.250. The average Bonchev–Trinajstić information content (AvgIpc) is 2.83. The molecule has 0 amide bonds. The van der Waals surface area contributed by atoms with Crippen LogP contribution >= 0.6 is 0 Å². The molecule has 0 saturated carbocycles. The van der Waals surface area contributed by atoms with E-state index in [4.69, 9.17) is 0 Å². The SMILES string of the molecule is Fc1ccccc1CNC1CCc2c(F)cccc21. The lowest BCUT2D eigenvalue weighted by Gasteiger charge is -2.14. The molecule has 2 aromatic carbocycles. The molecule has 3 rings (SSSR count). The maximum atomic E-state index is 13.6. The fourth-order valence-electron chi connectivity index (χ4n) is 2.70. The standard InChI is InChI=1S/C16H15F2N/c17-14-6-2-1-4-11(14)10-19-16-9-8-12-13(16)5-3-7-15(12)18/h1-7,16,19H,8-10H2. The van der Waals surface area contributed by atoms with Gasteiger partial charge in [0, 0.05) is 18.2 Å². The molecule has 2 aromatic rings. The van der Waals surface area contributed by atoms with E-state index in [1.54, 1.807) is 18.2 Å². The van der Waals surface area contributed by atoms with Crippen LogP contribution in [0.2, 0.25) is 0 Å². The van der Waals surface area contributed by atoms with Gasteiger partial charge in [-0.2, -0.15) is 0 Å². The lowest BCUT2D eigenvalue weighted by Crippen LogP contribution is -2.19. The molecule has 1 nitrogen and oxygen atoms in total. The summed E-state index contributed by atoms with van der Waals surface area (Å²) in [7, 11) is 0. The largest absolute Gasteiger partial charge is 0.306 e. The molecular weight excluding hydrogens is 244 g/mol. The summed E-state index contributed by atoms with van der Waals surface area (Å²) in [5, 5.41) is 3.32. The van der Waals surface area contributed by atoms with E-state index in [-0.39, 0.29) is 17.7 Å². The number of nitrogens with one attached hydrogen (secondary N) is 1. The van der Waals surface area contributed by atoms with Gasteiger partial charge in [-0.05, 0) is 36.1 Å². The average molecular weight is 259 g/mol. The van der Waals surface area contributed by atoms with Crippen molar-refractivity contribution in [2.45, 2.75) is 25.4 Å². The van der Waals surface area contributed by atoms with E-state index in [0.29, 0.717) is 12.1 Å². The van der Waals surface area contributed by atoms with Crippen LogP contribution in [0.3, 0.4) is 0 Å². The van der Waals surface area contributed by atoms with Crippen LogP contribution in [0, 0.1) is 11.6 Å². The number of hydrogen-bond donors (Lipinski definition) is 1. The Morgan fingerprint density at radius 1 is 1.00 bits per heavy atom. The second kappa shape index (κ2) is 5.10. The maximum Gasteiger partial charge on any atom is 0.127 e. The summed E-state index contributed by atoms with van der Waals surface area (Å²) in [6.45, 7) is 0.466. The first-order valence-electron chi connectivity index (χ1n) is 6.50. The second-order valence-electron chi connectivity index (χ2n) is 4.87. The predicted octanol–water partition coefficient (Wildman–Crippen LogP) is 3.74. The van der Waals surface area contributed by atoms with Crippen molar-refractivity contribution in [3.63, 3.8) is 0 Å². The van der Waals surface area contributed by atoms with E-state index < -0.39 is 0 Å². The Labute approximate surface area is 111 Å². The first-order valence-corrected chi connectivity index (χ1v) is 6.50. The number of fused-ring (bicyclic) bond motifs is 1. The van der Waals surface area contributed by atoms with Crippen molar-refractivity contribution >= 4 is 0 Å². The molecule has 1 aliphatic rings. The molecular formula is C16H15F2N. The van der Waals surface area contributed by atoms with Crippen molar-refractivity contribution in [1.29, 1.82) is 0 Å². The normalized spacial score (nSPS) is 17.5.